The van der Waals surface area contributed by atoms with Crippen LogP contribution in [0.2, 0.25) is 0 Å². The Kier molecular flexibility index (Phi) is 7.17. The van der Waals surface area contributed by atoms with Crippen molar-refractivity contribution in [2.45, 2.75) is 20.3 Å². The molecule has 0 saturated heterocycles. The molecule has 8 aromatic carbocycles. The van der Waals surface area contributed by atoms with Gasteiger partial charge in [-0.05, 0) is 120 Å². The molecule has 0 aliphatic heterocycles. The van der Waals surface area contributed by atoms with Crippen molar-refractivity contribution in [3.63, 3.8) is 0 Å². The summed E-state index contributed by atoms with van der Waals surface area (Å²) in [5.41, 5.74) is 6.55. The summed E-state index contributed by atoms with van der Waals surface area (Å²) in [5.74, 6) is 0. The first-order valence-electron chi connectivity index (χ1n) is 17.4. The predicted octanol–water partition coefficient (Wildman–Crippen LogP) is 12.9. The number of fused-ring (bicyclic) bond motifs is 8. The van der Waals surface area contributed by atoms with Gasteiger partial charge in [-0.2, -0.15) is 0 Å². The molecule has 2 heteroatoms. The maximum atomic E-state index is 13.9. The Morgan fingerprint density at radius 1 is 0.520 bits per heavy atom. The van der Waals surface area contributed by atoms with Crippen LogP contribution in [0.3, 0.4) is 0 Å². The Bertz CT molecular complexity index is 2940. The summed E-state index contributed by atoms with van der Waals surface area (Å²) in [4.78, 5) is 13.9. The Morgan fingerprint density at radius 3 is 1.92 bits per heavy atom. The van der Waals surface area contributed by atoms with Crippen LogP contribution in [-0.2, 0) is 0 Å². The lowest BCUT2D eigenvalue weighted by Crippen LogP contribution is -2.19. The van der Waals surface area contributed by atoms with Crippen LogP contribution in [0.1, 0.15) is 20.3 Å². The lowest BCUT2D eigenvalue weighted by molar-refractivity contribution is 1.08. The largest absolute Gasteiger partial charge is 0.277 e. The Balaban J connectivity index is 1.26. The van der Waals surface area contributed by atoms with Crippen molar-refractivity contribution in [1.29, 1.82) is 0 Å². The summed E-state index contributed by atoms with van der Waals surface area (Å²) in [5, 5.41) is 12.7. The van der Waals surface area contributed by atoms with Crippen LogP contribution in [0.4, 0.5) is 0 Å². The first-order chi connectivity index (χ1) is 24.6. The third kappa shape index (κ3) is 4.68. The number of rotatable bonds is 5. The summed E-state index contributed by atoms with van der Waals surface area (Å²) in [6.45, 7) is 4.10. The molecule has 1 aromatic heterocycles. The van der Waals surface area contributed by atoms with E-state index in [1.54, 1.807) is 0 Å². The Labute approximate surface area is 290 Å². The van der Waals surface area contributed by atoms with E-state index in [4.69, 9.17) is 0 Å². The smallest absolute Gasteiger partial charge is 0.263 e. The fourth-order valence-electron chi connectivity index (χ4n) is 7.92. The molecular weight excluding hydrogens is 607 g/mol. The standard InChI is InChI=1S/C48H35NO/c1-3-12-35(13-4-2)49-47-27-23-34(30-46(47)41-18-9-10-19-44(41)48(49)50)36-25-26-43(38-17-8-7-16-37(36)38)39-20-11-21-40-42(39)24-22-33-28-31-14-5-6-15-32(31)29-45(33)40/h3,5-30H,4H2,1-2H3/b12-3-,35-13+. The van der Waals surface area contributed by atoms with Gasteiger partial charge in [0, 0.05) is 16.5 Å². The van der Waals surface area contributed by atoms with Gasteiger partial charge in [-0.25, -0.2) is 0 Å². The van der Waals surface area contributed by atoms with Gasteiger partial charge in [0.05, 0.1) is 5.52 Å². The van der Waals surface area contributed by atoms with E-state index in [2.05, 4.69) is 140 Å². The minimum atomic E-state index is 0.00417. The maximum Gasteiger partial charge on any atom is 0.263 e. The molecule has 0 spiro atoms. The van der Waals surface area contributed by atoms with Gasteiger partial charge in [-0.3, -0.25) is 9.36 Å². The van der Waals surface area contributed by atoms with Gasteiger partial charge >= 0.3 is 0 Å². The van der Waals surface area contributed by atoms with E-state index in [0.717, 1.165) is 39.4 Å². The Morgan fingerprint density at radius 2 is 1.14 bits per heavy atom. The summed E-state index contributed by atoms with van der Waals surface area (Å²) in [7, 11) is 0. The van der Waals surface area contributed by atoms with Crippen molar-refractivity contribution in [3.8, 4) is 22.3 Å². The highest BCUT2D eigenvalue weighted by atomic mass is 16.1. The van der Waals surface area contributed by atoms with Gasteiger partial charge in [0.25, 0.3) is 5.56 Å². The molecule has 0 saturated carbocycles. The van der Waals surface area contributed by atoms with Gasteiger partial charge < -0.3 is 0 Å². The number of hydrogen-bond donors (Lipinski definition) is 0. The molecule has 0 aliphatic rings. The zero-order chi connectivity index (χ0) is 33.8. The number of hydrogen-bond acceptors (Lipinski definition) is 1. The lowest BCUT2D eigenvalue weighted by atomic mass is 9.88. The molecule has 0 aliphatic carbocycles. The number of pyridine rings is 1. The number of benzene rings is 8. The first kappa shape index (κ1) is 29.9. The monoisotopic (exact) mass is 641 g/mol. The van der Waals surface area contributed by atoms with Crippen LogP contribution in [-0.4, -0.2) is 4.57 Å². The highest BCUT2D eigenvalue weighted by molar-refractivity contribution is 6.18. The fraction of sp³-hybridized carbons (Fsp3) is 0.0625. The van der Waals surface area contributed by atoms with E-state index in [0.29, 0.717) is 0 Å². The summed E-state index contributed by atoms with van der Waals surface area (Å²) in [6.07, 6.45) is 6.98. The number of nitrogens with zero attached hydrogens (tertiary/aromatic N) is 1. The predicted molar refractivity (Wildman–Crippen MR) is 216 cm³/mol. The van der Waals surface area contributed by atoms with Crippen molar-refractivity contribution in [3.05, 3.63) is 174 Å². The second-order valence-corrected chi connectivity index (χ2v) is 13.0. The molecule has 2 nitrogen and oxygen atoms in total. The molecule has 9 aromatic rings. The molecule has 0 N–H and O–H groups in total. The van der Waals surface area contributed by atoms with Crippen molar-refractivity contribution in [2.75, 3.05) is 0 Å². The SMILES string of the molecule is C/C=C\C(=C/CC)n1c(=O)c2ccccc2c2cc(-c3ccc(-c4cccc5c4ccc4cc6ccccc6cc45)c4ccccc34)ccc21. The average Bonchev–Trinajstić information content (AvgIpc) is 3.16. The quantitative estimate of drug-likeness (QED) is 0.104. The van der Waals surface area contributed by atoms with Crippen LogP contribution in [0.5, 0.6) is 0 Å². The number of aromatic nitrogens is 1. The zero-order valence-corrected chi connectivity index (χ0v) is 28.2. The fourth-order valence-corrected chi connectivity index (χ4v) is 7.92. The lowest BCUT2D eigenvalue weighted by Gasteiger charge is -2.17. The van der Waals surface area contributed by atoms with Gasteiger partial charge in [0.2, 0.25) is 0 Å². The van der Waals surface area contributed by atoms with E-state index in [1.807, 2.05) is 41.8 Å². The third-order valence-electron chi connectivity index (χ3n) is 10.2. The molecule has 0 atom stereocenters. The van der Waals surface area contributed by atoms with Crippen molar-refractivity contribution in [2.24, 2.45) is 0 Å². The van der Waals surface area contributed by atoms with Crippen LogP contribution < -0.4 is 5.56 Å². The van der Waals surface area contributed by atoms with Crippen molar-refractivity contribution >= 4 is 70.5 Å². The van der Waals surface area contributed by atoms with Gasteiger partial charge in [-0.1, -0.05) is 134 Å². The van der Waals surface area contributed by atoms with E-state index >= 15 is 0 Å². The molecule has 0 unspecified atom stereocenters. The van der Waals surface area contributed by atoms with Crippen molar-refractivity contribution in [1.82, 2.24) is 4.57 Å². The first-order valence-corrected chi connectivity index (χ1v) is 17.4. The second kappa shape index (κ2) is 12.0. The van der Waals surface area contributed by atoms with E-state index in [-0.39, 0.29) is 5.56 Å². The molecule has 0 bridgehead atoms. The van der Waals surface area contributed by atoms with Crippen LogP contribution in [0.25, 0.3) is 92.7 Å². The van der Waals surface area contributed by atoms with Gasteiger partial charge in [0.1, 0.15) is 0 Å². The molecule has 50 heavy (non-hydrogen) atoms. The van der Waals surface area contributed by atoms with Crippen LogP contribution >= 0.6 is 0 Å². The minimum absolute atomic E-state index is 0.00417. The number of allylic oxidation sites excluding steroid dienone is 4. The van der Waals surface area contributed by atoms with E-state index in [1.165, 1.54) is 59.8 Å². The van der Waals surface area contributed by atoms with Crippen molar-refractivity contribution < 1.29 is 0 Å². The summed E-state index contributed by atoms with van der Waals surface area (Å²) < 4.78 is 1.87. The van der Waals surface area contributed by atoms with Gasteiger partial charge in [-0.15, -0.1) is 0 Å². The molecule has 9 rings (SSSR count). The Hall–Kier alpha value is -6.25. The summed E-state index contributed by atoms with van der Waals surface area (Å²) in [6, 6.07) is 52.3. The average molecular weight is 642 g/mol. The molecule has 0 radical (unpaired) electrons. The normalized spacial score (nSPS) is 12.4. The summed E-state index contributed by atoms with van der Waals surface area (Å²) >= 11 is 0. The highest BCUT2D eigenvalue weighted by Gasteiger charge is 2.16. The van der Waals surface area contributed by atoms with E-state index < -0.39 is 0 Å². The molecule has 0 amide bonds. The molecule has 1 heterocycles. The molecule has 238 valence electrons. The van der Waals surface area contributed by atoms with Crippen LogP contribution in [0.15, 0.2) is 169 Å². The highest BCUT2D eigenvalue weighted by Crippen LogP contribution is 2.41. The van der Waals surface area contributed by atoms with E-state index in [9.17, 15) is 4.79 Å². The minimum Gasteiger partial charge on any atom is -0.277 e. The molecule has 0 fully saturated rings. The van der Waals surface area contributed by atoms with Crippen LogP contribution in [0, 0.1) is 0 Å². The second-order valence-electron chi connectivity index (χ2n) is 13.0. The molecular formula is C48H35NO. The zero-order valence-electron chi connectivity index (χ0n) is 28.2. The topological polar surface area (TPSA) is 22.0 Å². The third-order valence-corrected chi connectivity index (χ3v) is 10.2. The maximum absolute atomic E-state index is 13.9. The van der Waals surface area contributed by atoms with Gasteiger partial charge in [0.15, 0.2) is 0 Å².